The van der Waals surface area contributed by atoms with Gasteiger partial charge in [-0.3, -0.25) is 0 Å². The molecule has 86 valence electrons. The summed E-state index contributed by atoms with van der Waals surface area (Å²) in [6.07, 6.45) is -0.396. The Labute approximate surface area is 98.1 Å². The number of hydrogen-bond acceptors (Lipinski definition) is 5. The highest BCUT2D eigenvalue weighted by atomic mass is 32.1. The smallest absolute Gasteiger partial charge is 0.0907 e. The number of thiazole rings is 1. The van der Waals surface area contributed by atoms with E-state index in [1.54, 1.807) is 18.3 Å². The standard InChI is InChI=1S/C11H15N3OS/c1-6(15)5-13-9-4-10-11(3-8(9)12)16-7(2)14-10/h3-4,6,13,15H,5,12H2,1-2H3. The van der Waals surface area contributed by atoms with Crippen LogP contribution in [-0.2, 0) is 0 Å². The van der Waals surface area contributed by atoms with Crippen molar-refractivity contribution in [2.45, 2.75) is 20.0 Å². The third kappa shape index (κ3) is 2.25. The van der Waals surface area contributed by atoms with E-state index in [4.69, 9.17) is 5.73 Å². The summed E-state index contributed by atoms with van der Waals surface area (Å²) in [5, 5.41) is 13.3. The van der Waals surface area contributed by atoms with Gasteiger partial charge in [-0.05, 0) is 26.0 Å². The molecule has 1 heterocycles. The quantitative estimate of drug-likeness (QED) is 0.714. The zero-order chi connectivity index (χ0) is 11.7. The van der Waals surface area contributed by atoms with E-state index in [1.807, 2.05) is 19.1 Å². The van der Waals surface area contributed by atoms with Gasteiger partial charge in [0.15, 0.2) is 0 Å². The largest absolute Gasteiger partial charge is 0.397 e. The second-order valence-corrected chi connectivity index (χ2v) is 5.10. The molecule has 1 aromatic carbocycles. The fraction of sp³-hybridized carbons (Fsp3) is 0.364. The molecule has 4 N–H and O–H groups in total. The van der Waals surface area contributed by atoms with Gasteiger partial charge >= 0.3 is 0 Å². The average Bonchev–Trinajstić information content (AvgIpc) is 2.53. The van der Waals surface area contributed by atoms with Gasteiger partial charge in [-0.15, -0.1) is 11.3 Å². The van der Waals surface area contributed by atoms with Crippen LogP contribution in [0.15, 0.2) is 12.1 Å². The Morgan fingerprint density at radius 1 is 1.56 bits per heavy atom. The Kier molecular flexibility index (Phi) is 2.98. The number of nitrogen functional groups attached to an aromatic ring is 1. The Hall–Kier alpha value is -1.33. The molecule has 0 radical (unpaired) electrons. The summed E-state index contributed by atoms with van der Waals surface area (Å²) in [6, 6.07) is 3.85. The van der Waals surface area contributed by atoms with Crippen molar-refractivity contribution >= 4 is 32.9 Å². The van der Waals surface area contributed by atoms with Crippen molar-refractivity contribution in [3.63, 3.8) is 0 Å². The van der Waals surface area contributed by atoms with Crippen LogP contribution in [0.25, 0.3) is 10.2 Å². The monoisotopic (exact) mass is 237 g/mol. The summed E-state index contributed by atoms with van der Waals surface area (Å²) in [4.78, 5) is 4.40. The van der Waals surface area contributed by atoms with Crippen molar-refractivity contribution in [3.05, 3.63) is 17.1 Å². The molecule has 0 aliphatic rings. The van der Waals surface area contributed by atoms with Crippen LogP contribution in [0.3, 0.4) is 0 Å². The molecular weight excluding hydrogens is 222 g/mol. The van der Waals surface area contributed by atoms with E-state index in [0.717, 1.165) is 20.9 Å². The van der Waals surface area contributed by atoms with Crippen LogP contribution in [-0.4, -0.2) is 22.7 Å². The molecule has 16 heavy (non-hydrogen) atoms. The Balaban J connectivity index is 2.34. The summed E-state index contributed by atoms with van der Waals surface area (Å²) < 4.78 is 1.09. The van der Waals surface area contributed by atoms with Gasteiger partial charge in [0.05, 0.1) is 32.7 Å². The molecule has 1 atom stereocenters. The number of benzene rings is 1. The van der Waals surface area contributed by atoms with Gasteiger partial charge in [-0.2, -0.15) is 0 Å². The number of fused-ring (bicyclic) bond motifs is 1. The molecule has 0 fully saturated rings. The third-order valence-electron chi connectivity index (χ3n) is 2.25. The number of nitrogens with two attached hydrogens (primary N) is 1. The van der Waals surface area contributed by atoms with E-state index in [1.165, 1.54) is 0 Å². The molecule has 0 amide bonds. The van der Waals surface area contributed by atoms with Crippen LogP contribution in [0.5, 0.6) is 0 Å². The first-order valence-corrected chi connectivity index (χ1v) is 5.96. The maximum absolute atomic E-state index is 9.21. The van der Waals surface area contributed by atoms with Crippen molar-refractivity contribution in [3.8, 4) is 0 Å². The van der Waals surface area contributed by atoms with Crippen molar-refractivity contribution < 1.29 is 5.11 Å². The maximum atomic E-state index is 9.21. The van der Waals surface area contributed by atoms with E-state index >= 15 is 0 Å². The fourth-order valence-electron chi connectivity index (χ4n) is 1.52. The summed E-state index contributed by atoms with van der Waals surface area (Å²) in [5.41, 5.74) is 8.39. The van der Waals surface area contributed by atoms with Crippen LogP contribution < -0.4 is 11.1 Å². The average molecular weight is 237 g/mol. The molecule has 1 aromatic heterocycles. The molecule has 0 spiro atoms. The highest BCUT2D eigenvalue weighted by Gasteiger charge is 2.06. The minimum absolute atomic E-state index is 0.396. The Morgan fingerprint density at radius 3 is 3.00 bits per heavy atom. The summed E-state index contributed by atoms with van der Waals surface area (Å²) >= 11 is 1.63. The van der Waals surface area contributed by atoms with Crippen molar-refractivity contribution in [2.24, 2.45) is 0 Å². The third-order valence-corrected chi connectivity index (χ3v) is 3.19. The van der Waals surface area contributed by atoms with Crippen LogP contribution in [0.1, 0.15) is 11.9 Å². The molecule has 0 bridgehead atoms. The van der Waals surface area contributed by atoms with Gasteiger partial charge < -0.3 is 16.2 Å². The van der Waals surface area contributed by atoms with Crippen molar-refractivity contribution in [2.75, 3.05) is 17.6 Å². The van der Waals surface area contributed by atoms with Gasteiger partial charge in [0.1, 0.15) is 0 Å². The minimum atomic E-state index is -0.396. The lowest BCUT2D eigenvalue weighted by atomic mass is 10.2. The highest BCUT2D eigenvalue weighted by Crippen LogP contribution is 2.29. The number of aliphatic hydroxyl groups is 1. The van der Waals surface area contributed by atoms with Crippen LogP contribution >= 0.6 is 11.3 Å². The van der Waals surface area contributed by atoms with E-state index in [2.05, 4.69) is 10.3 Å². The number of nitrogens with zero attached hydrogens (tertiary/aromatic N) is 1. The van der Waals surface area contributed by atoms with E-state index < -0.39 is 6.10 Å². The number of nitrogens with one attached hydrogen (secondary N) is 1. The van der Waals surface area contributed by atoms with Crippen LogP contribution in [0, 0.1) is 6.92 Å². The van der Waals surface area contributed by atoms with Crippen LogP contribution in [0.2, 0.25) is 0 Å². The molecule has 0 aliphatic carbocycles. The first kappa shape index (κ1) is 11.2. The SMILES string of the molecule is Cc1nc2cc(NCC(C)O)c(N)cc2s1. The van der Waals surface area contributed by atoms with Gasteiger partial charge in [0.25, 0.3) is 0 Å². The fourth-order valence-corrected chi connectivity index (χ4v) is 2.37. The lowest BCUT2D eigenvalue weighted by Crippen LogP contribution is -2.16. The zero-order valence-electron chi connectivity index (χ0n) is 9.32. The van der Waals surface area contributed by atoms with Gasteiger partial charge in [0, 0.05) is 6.54 Å². The zero-order valence-corrected chi connectivity index (χ0v) is 10.1. The van der Waals surface area contributed by atoms with Gasteiger partial charge in [0.2, 0.25) is 0 Å². The predicted molar refractivity (Wildman–Crippen MR) is 68.9 cm³/mol. The number of aromatic nitrogens is 1. The molecule has 2 rings (SSSR count). The first-order valence-electron chi connectivity index (χ1n) is 5.15. The maximum Gasteiger partial charge on any atom is 0.0907 e. The molecule has 0 aliphatic heterocycles. The van der Waals surface area contributed by atoms with E-state index in [9.17, 15) is 5.11 Å². The normalized spacial score (nSPS) is 12.9. The lowest BCUT2D eigenvalue weighted by molar-refractivity contribution is 0.208. The summed E-state index contributed by atoms with van der Waals surface area (Å²) in [7, 11) is 0. The Morgan fingerprint density at radius 2 is 2.31 bits per heavy atom. The Bertz CT molecular complexity index is 507. The molecule has 1 unspecified atom stereocenters. The molecule has 4 nitrogen and oxygen atoms in total. The van der Waals surface area contributed by atoms with Crippen molar-refractivity contribution in [1.82, 2.24) is 4.98 Å². The number of aliphatic hydroxyl groups excluding tert-OH is 1. The van der Waals surface area contributed by atoms with E-state index in [0.29, 0.717) is 12.2 Å². The molecule has 5 heteroatoms. The van der Waals surface area contributed by atoms with Gasteiger partial charge in [-0.25, -0.2) is 4.98 Å². The van der Waals surface area contributed by atoms with Crippen molar-refractivity contribution in [1.29, 1.82) is 0 Å². The first-order chi connectivity index (χ1) is 7.56. The lowest BCUT2D eigenvalue weighted by Gasteiger charge is -2.10. The molecule has 2 aromatic rings. The minimum Gasteiger partial charge on any atom is -0.397 e. The number of rotatable bonds is 3. The molecule has 0 saturated carbocycles. The highest BCUT2D eigenvalue weighted by molar-refractivity contribution is 7.18. The second-order valence-electron chi connectivity index (χ2n) is 3.87. The van der Waals surface area contributed by atoms with E-state index in [-0.39, 0.29) is 0 Å². The van der Waals surface area contributed by atoms with Gasteiger partial charge in [-0.1, -0.05) is 0 Å². The summed E-state index contributed by atoms with van der Waals surface area (Å²) in [5.74, 6) is 0. The second kappa shape index (κ2) is 4.27. The predicted octanol–water partition coefficient (Wildman–Crippen LogP) is 1.98. The molecular formula is C11H15N3OS. The topological polar surface area (TPSA) is 71.2 Å². The summed E-state index contributed by atoms with van der Waals surface area (Å²) in [6.45, 7) is 4.19. The molecule has 0 saturated heterocycles. The number of hydrogen-bond donors (Lipinski definition) is 3. The number of anilines is 2. The number of aryl methyl sites for hydroxylation is 1. The van der Waals surface area contributed by atoms with Crippen LogP contribution in [0.4, 0.5) is 11.4 Å².